The van der Waals surface area contributed by atoms with Gasteiger partial charge in [0.2, 0.25) is 0 Å². The lowest BCUT2D eigenvalue weighted by Gasteiger charge is -2.48. The van der Waals surface area contributed by atoms with E-state index in [1.54, 1.807) is 0 Å². The van der Waals surface area contributed by atoms with Gasteiger partial charge in [0.15, 0.2) is 0 Å². The first-order valence-electron chi connectivity index (χ1n) is 9.67. The largest absolute Gasteiger partial charge is 0.487 e. The molecule has 0 spiro atoms. The van der Waals surface area contributed by atoms with E-state index in [9.17, 15) is 0 Å². The molecule has 1 aliphatic heterocycles. The van der Waals surface area contributed by atoms with E-state index in [1.807, 2.05) is 0 Å². The highest BCUT2D eigenvalue weighted by Crippen LogP contribution is 2.49. The average Bonchev–Trinajstić information content (AvgIpc) is 2.65. The van der Waals surface area contributed by atoms with Crippen LogP contribution >= 0.6 is 0 Å². The molecule has 0 aliphatic carbocycles. The van der Waals surface area contributed by atoms with Crippen LogP contribution in [0, 0.1) is 12.8 Å². The van der Waals surface area contributed by atoms with E-state index in [1.165, 1.54) is 16.7 Å². The normalized spacial score (nSPS) is 21.4. The van der Waals surface area contributed by atoms with Crippen molar-refractivity contribution in [2.45, 2.75) is 58.0 Å². The molecule has 1 heterocycles. The summed E-state index contributed by atoms with van der Waals surface area (Å²) in [6.45, 7) is 7.30. The fourth-order valence-corrected chi connectivity index (χ4v) is 4.60. The monoisotopic (exact) mass is 337 g/mol. The number of para-hydroxylation sites is 1. The highest BCUT2D eigenvalue weighted by atomic mass is 16.5. The van der Waals surface area contributed by atoms with Crippen LogP contribution in [-0.4, -0.2) is 12.1 Å². The molecule has 25 heavy (non-hydrogen) atoms. The van der Waals surface area contributed by atoms with Gasteiger partial charge in [0.1, 0.15) is 11.4 Å². The molecule has 2 aromatic rings. The molecular formula is C23H31NO. The van der Waals surface area contributed by atoms with E-state index < -0.39 is 0 Å². The van der Waals surface area contributed by atoms with Gasteiger partial charge in [-0.25, -0.2) is 0 Å². The third-order valence-electron chi connectivity index (χ3n) is 6.07. The van der Waals surface area contributed by atoms with Crippen LogP contribution in [-0.2, 0) is 6.42 Å². The van der Waals surface area contributed by atoms with Crippen LogP contribution in [0.2, 0.25) is 0 Å². The number of hydrogen-bond donors (Lipinski definition) is 1. The summed E-state index contributed by atoms with van der Waals surface area (Å²) < 4.78 is 6.54. The first kappa shape index (κ1) is 18.0. The van der Waals surface area contributed by atoms with Crippen LogP contribution < -0.4 is 10.5 Å². The zero-order valence-corrected chi connectivity index (χ0v) is 15.8. The van der Waals surface area contributed by atoms with E-state index in [0.29, 0.717) is 18.4 Å². The molecule has 2 unspecified atom stereocenters. The standard InChI is InChI=1S/C23H31NO/c1-4-23(5-2)21(16-24)19(20-11-6-7-12-22(20)25-23)14-13-18-10-8-9-17(3)15-18/h6-12,15,19,21H,4-5,13-14,16,24H2,1-3H3. The second-order valence-electron chi connectivity index (χ2n) is 7.39. The third-order valence-corrected chi connectivity index (χ3v) is 6.07. The zero-order chi connectivity index (χ0) is 17.9. The molecule has 1 aliphatic rings. The van der Waals surface area contributed by atoms with Crippen molar-refractivity contribution >= 4 is 0 Å². The fraction of sp³-hybridized carbons (Fsp3) is 0.478. The second-order valence-corrected chi connectivity index (χ2v) is 7.39. The Kier molecular flexibility index (Phi) is 5.48. The maximum absolute atomic E-state index is 6.54. The first-order chi connectivity index (χ1) is 12.1. The van der Waals surface area contributed by atoms with Gasteiger partial charge in [-0.15, -0.1) is 0 Å². The van der Waals surface area contributed by atoms with Crippen LogP contribution in [0.4, 0.5) is 0 Å². The molecule has 0 bridgehead atoms. The summed E-state index contributed by atoms with van der Waals surface area (Å²) in [7, 11) is 0. The third kappa shape index (κ3) is 3.46. The van der Waals surface area contributed by atoms with Crippen molar-refractivity contribution < 1.29 is 4.74 Å². The van der Waals surface area contributed by atoms with Crippen LogP contribution in [0.5, 0.6) is 5.75 Å². The number of nitrogens with two attached hydrogens (primary N) is 1. The van der Waals surface area contributed by atoms with Crippen molar-refractivity contribution in [3.8, 4) is 5.75 Å². The van der Waals surface area contributed by atoms with E-state index in [2.05, 4.69) is 69.3 Å². The van der Waals surface area contributed by atoms with Gasteiger partial charge in [0.05, 0.1) is 0 Å². The summed E-state index contributed by atoms with van der Waals surface area (Å²) in [4.78, 5) is 0. The molecule has 2 atom stereocenters. The van der Waals surface area contributed by atoms with Crippen molar-refractivity contribution in [3.05, 3.63) is 65.2 Å². The molecule has 0 saturated carbocycles. The van der Waals surface area contributed by atoms with Crippen molar-refractivity contribution in [1.29, 1.82) is 0 Å². The van der Waals surface area contributed by atoms with Gasteiger partial charge < -0.3 is 10.5 Å². The Morgan fingerprint density at radius 3 is 2.48 bits per heavy atom. The smallest absolute Gasteiger partial charge is 0.123 e. The molecule has 2 nitrogen and oxygen atoms in total. The highest BCUT2D eigenvalue weighted by Gasteiger charge is 2.46. The number of hydrogen-bond acceptors (Lipinski definition) is 2. The Morgan fingerprint density at radius 1 is 1.04 bits per heavy atom. The van der Waals surface area contributed by atoms with E-state index >= 15 is 0 Å². The molecule has 134 valence electrons. The Morgan fingerprint density at radius 2 is 1.80 bits per heavy atom. The number of benzene rings is 2. The summed E-state index contributed by atoms with van der Waals surface area (Å²) in [6, 6.07) is 17.4. The maximum atomic E-state index is 6.54. The number of ether oxygens (including phenoxy) is 1. The number of aryl methyl sites for hydroxylation is 2. The van der Waals surface area contributed by atoms with Crippen molar-refractivity contribution in [2.75, 3.05) is 6.54 Å². The van der Waals surface area contributed by atoms with Gasteiger partial charge in [-0.3, -0.25) is 0 Å². The molecule has 0 radical (unpaired) electrons. The highest BCUT2D eigenvalue weighted by molar-refractivity contribution is 5.40. The van der Waals surface area contributed by atoms with Crippen LogP contribution in [0.3, 0.4) is 0 Å². The molecule has 3 rings (SSSR count). The fourth-order valence-electron chi connectivity index (χ4n) is 4.60. The maximum Gasteiger partial charge on any atom is 0.123 e. The quantitative estimate of drug-likeness (QED) is 0.782. The molecular weight excluding hydrogens is 306 g/mol. The lowest BCUT2D eigenvalue weighted by atomic mass is 9.68. The molecule has 2 heteroatoms. The first-order valence-corrected chi connectivity index (χ1v) is 9.67. The summed E-state index contributed by atoms with van der Waals surface area (Å²) >= 11 is 0. The van der Waals surface area contributed by atoms with Gasteiger partial charge >= 0.3 is 0 Å². The van der Waals surface area contributed by atoms with Gasteiger partial charge in [0.25, 0.3) is 0 Å². The minimum absolute atomic E-state index is 0.139. The molecule has 2 aromatic carbocycles. The Balaban J connectivity index is 1.93. The minimum atomic E-state index is -0.139. The van der Waals surface area contributed by atoms with E-state index in [0.717, 1.165) is 31.4 Å². The lowest BCUT2D eigenvalue weighted by molar-refractivity contribution is -0.0266. The molecule has 0 saturated heterocycles. The summed E-state index contributed by atoms with van der Waals surface area (Å²) in [5.41, 5.74) is 10.2. The van der Waals surface area contributed by atoms with Crippen LogP contribution in [0.25, 0.3) is 0 Å². The summed E-state index contributed by atoms with van der Waals surface area (Å²) in [5.74, 6) is 1.88. The van der Waals surface area contributed by atoms with Gasteiger partial charge in [0, 0.05) is 5.92 Å². The Hall–Kier alpha value is -1.80. The van der Waals surface area contributed by atoms with Crippen molar-refractivity contribution in [2.24, 2.45) is 11.7 Å². The molecule has 0 aromatic heterocycles. The summed E-state index contributed by atoms with van der Waals surface area (Å²) in [6.07, 6.45) is 4.20. The SMILES string of the molecule is CCC1(CC)Oc2ccccc2C(CCc2cccc(C)c2)C1CN. The van der Waals surface area contributed by atoms with Gasteiger partial charge in [-0.2, -0.15) is 0 Å². The molecule has 2 N–H and O–H groups in total. The number of rotatable bonds is 6. The van der Waals surface area contributed by atoms with Crippen molar-refractivity contribution in [3.63, 3.8) is 0 Å². The second kappa shape index (κ2) is 7.61. The molecule has 0 amide bonds. The zero-order valence-electron chi connectivity index (χ0n) is 15.8. The minimum Gasteiger partial charge on any atom is -0.487 e. The Bertz CT molecular complexity index is 705. The van der Waals surface area contributed by atoms with Crippen LogP contribution in [0.1, 0.15) is 55.7 Å². The average molecular weight is 338 g/mol. The number of fused-ring (bicyclic) bond motifs is 1. The predicted octanol–water partition coefficient (Wildman–Crippen LogP) is 5.24. The van der Waals surface area contributed by atoms with Gasteiger partial charge in [-0.05, 0) is 62.3 Å². The predicted molar refractivity (Wildman–Crippen MR) is 105 cm³/mol. The molecule has 0 fully saturated rings. The van der Waals surface area contributed by atoms with Gasteiger partial charge in [-0.1, -0.05) is 61.9 Å². The Labute approximate surface area is 152 Å². The lowest BCUT2D eigenvalue weighted by Crippen LogP contribution is -2.51. The van der Waals surface area contributed by atoms with Crippen LogP contribution in [0.15, 0.2) is 48.5 Å². The van der Waals surface area contributed by atoms with Crippen molar-refractivity contribution in [1.82, 2.24) is 0 Å². The van der Waals surface area contributed by atoms with E-state index in [-0.39, 0.29) is 5.60 Å². The summed E-state index contributed by atoms with van der Waals surface area (Å²) in [5, 5.41) is 0. The topological polar surface area (TPSA) is 35.2 Å². The van der Waals surface area contributed by atoms with E-state index in [4.69, 9.17) is 10.5 Å².